The first-order chi connectivity index (χ1) is 8.96. The van der Waals surface area contributed by atoms with Crippen LogP contribution in [0.2, 0.25) is 5.02 Å². The molecule has 1 aromatic carbocycles. The fourth-order valence-corrected chi connectivity index (χ4v) is 3.25. The van der Waals surface area contributed by atoms with E-state index >= 15 is 0 Å². The second-order valence-electron chi connectivity index (χ2n) is 4.01. The van der Waals surface area contributed by atoms with Gasteiger partial charge < -0.3 is 9.84 Å². The Hall–Kier alpha value is -0.820. The Balaban J connectivity index is 3.21. The number of rotatable bonds is 7. The van der Waals surface area contributed by atoms with Crippen LogP contribution in [-0.2, 0) is 16.6 Å². The van der Waals surface area contributed by atoms with E-state index in [1.807, 2.05) is 6.92 Å². The Labute approximate surface area is 118 Å². The highest BCUT2D eigenvalue weighted by Crippen LogP contribution is 2.31. The van der Waals surface area contributed by atoms with Crippen LogP contribution in [0.5, 0.6) is 5.75 Å². The molecular formula is C12H18ClNO4S. The maximum atomic E-state index is 12.2. The summed E-state index contributed by atoms with van der Waals surface area (Å²) in [5, 5.41) is 9.46. The van der Waals surface area contributed by atoms with Crippen molar-refractivity contribution in [1.29, 1.82) is 0 Å². The van der Waals surface area contributed by atoms with Crippen molar-refractivity contribution in [3.05, 3.63) is 22.7 Å². The average molecular weight is 308 g/mol. The lowest BCUT2D eigenvalue weighted by atomic mass is 10.2. The summed E-state index contributed by atoms with van der Waals surface area (Å²) in [7, 11) is -2.35. The first kappa shape index (κ1) is 16.2. The quantitative estimate of drug-likeness (QED) is 0.755. The highest BCUT2D eigenvalue weighted by Gasteiger charge is 2.22. The molecule has 0 bridgehead atoms. The van der Waals surface area contributed by atoms with E-state index in [1.165, 1.54) is 19.2 Å². The van der Waals surface area contributed by atoms with Crippen molar-refractivity contribution in [2.24, 2.45) is 0 Å². The molecule has 19 heavy (non-hydrogen) atoms. The maximum absolute atomic E-state index is 12.2. The molecular weight excluding hydrogens is 290 g/mol. The minimum atomic E-state index is -3.70. The van der Waals surface area contributed by atoms with Crippen LogP contribution in [0.15, 0.2) is 17.0 Å². The number of halogens is 1. The van der Waals surface area contributed by atoms with Gasteiger partial charge in [0.05, 0.1) is 13.7 Å². The van der Waals surface area contributed by atoms with Gasteiger partial charge in [-0.25, -0.2) is 13.1 Å². The minimum Gasteiger partial charge on any atom is -0.495 e. The van der Waals surface area contributed by atoms with Crippen LogP contribution in [0.4, 0.5) is 0 Å². The van der Waals surface area contributed by atoms with Gasteiger partial charge >= 0.3 is 0 Å². The van der Waals surface area contributed by atoms with Crippen molar-refractivity contribution >= 4 is 21.6 Å². The van der Waals surface area contributed by atoms with Crippen LogP contribution < -0.4 is 9.46 Å². The molecule has 0 heterocycles. The second kappa shape index (κ2) is 7.09. The van der Waals surface area contributed by atoms with Crippen molar-refractivity contribution in [3.63, 3.8) is 0 Å². The molecule has 0 aromatic heterocycles. The Kier molecular flexibility index (Phi) is 6.06. The van der Waals surface area contributed by atoms with Gasteiger partial charge in [0.1, 0.15) is 10.6 Å². The number of ether oxygens (including phenoxy) is 1. The van der Waals surface area contributed by atoms with Crippen molar-refractivity contribution in [1.82, 2.24) is 4.72 Å². The first-order valence-electron chi connectivity index (χ1n) is 5.93. The molecule has 0 amide bonds. The van der Waals surface area contributed by atoms with Crippen molar-refractivity contribution in [3.8, 4) is 5.75 Å². The third-order valence-electron chi connectivity index (χ3n) is 2.58. The molecule has 1 aromatic rings. The lowest BCUT2D eigenvalue weighted by Gasteiger charge is -2.14. The highest BCUT2D eigenvalue weighted by molar-refractivity contribution is 7.89. The molecule has 108 valence electrons. The number of hydrogen-bond acceptors (Lipinski definition) is 4. The minimum absolute atomic E-state index is 0.0531. The smallest absolute Gasteiger partial charge is 0.244 e. The van der Waals surface area contributed by atoms with Gasteiger partial charge in [-0.3, -0.25) is 0 Å². The van der Waals surface area contributed by atoms with E-state index in [1.54, 1.807) is 0 Å². The van der Waals surface area contributed by atoms with Crippen molar-refractivity contribution in [2.45, 2.75) is 31.3 Å². The molecule has 0 radical (unpaired) electrons. The van der Waals surface area contributed by atoms with Gasteiger partial charge in [-0.05, 0) is 18.6 Å². The number of unbranched alkanes of at least 4 members (excludes halogenated alkanes) is 1. The number of methoxy groups -OCH3 is 1. The molecule has 0 atom stereocenters. The van der Waals surface area contributed by atoms with E-state index in [0.29, 0.717) is 12.1 Å². The Morgan fingerprint density at radius 2 is 2.11 bits per heavy atom. The predicted molar refractivity (Wildman–Crippen MR) is 74.0 cm³/mol. The van der Waals surface area contributed by atoms with Crippen LogP contribution in [-0.4, -0.2) is 27.2 Å². The summed E-state index contributed by atoms with van der Waals surface area (Å²) in [6.45, 7) is 1.97. The molecule has 0 aliphatic carbocycles. The van der Waals surface area contributed by atoms with E-state index in [0.717, 1.165) is 12.8 Å². The SMILES string of the molecule is CCCCNS(=O)(=O)c1cc(Cl)cc(CO)c1OC. The van der Waals surface area contributed by atoms with Gasteiger partial charge in [0.2, 0.25) is 10.0 Å². The van der Waals surface area contributed by atoms with Crippen LogP contribution >= 0.6 is 11.6 Å². The summed E-state index contributed by atoms with van der Waals surface area (Å²) < 4.78 is 31.9. The zero-order chi connectivity index (χ0) is 14.5. The fourth-order valence-electron chi connectivity index (χ4n) is 1.63. The van der Waals surface area contributed by atoms with E-state index < -0.39 is 10.0 Å². The third-order valence-corrected chi connectivity index (χ3v) is 4.27. The number of sulfonamides is 1. The lowest BCUT2D eigenvalue weighted by molar-refractivity contribution is 0.272. The summed E-state index contributed by atoms with van der Waals surface area (Å²) >= 11 is 5.87. The zero-order valence-electron chi connectivity index (χ0n) is 10.9. The summed E-state index contributed by atoms with van der Waals surface area (Å²) in [5.74, 6) is 0.121. The molecule has 2 N–H and O–H groups in total. The first-order valence-corrected chi connectivity index (χ1v) is 7.79. The Morgan fingerprint density at radius 1 is 1.42 bits per heavy atom. The average Bonchev–Trinajstić information content (AvgIpc) is 2.37. The van der Waals surface area contributed by atoms with Crippen LogP contribution in [0.3, 0.4) is 0 Å². The Bertz CT molecular complexity index is 531. The van der Waals surface area contributed by atoms with Gasteiger partial charge in [-0.15, -0.1) is 0 Å². The van der Waals surface area contributed by atoms with E-state index in [9.17, 15) is 13.5 Å². The Morgan fingerprint density at radius 3 is 2.63 bits per heavy atom. The predicted octanol–water partition coefficient (Wildman–Crippen LogP) is 1.92. The van der Waals surface area contributed by atoms with Gasteiger partial charge in [-0.1, -0.05) is 24.9 Å². The van der Waals surface area contributed by atoms with E-state index in [2.05, 4.69) is 4.72 Å². The molecule has 7 heteroatoms. The number of aliphatic hydroxyl groups is 1. The fraction of sp³-hybridized carbons (Fsp3) is 0.500. The molecule has 0 aliphatic rings. The molecule has 0 saturated heterocycles. The molecule has 0 aliphatic heterocycles. The number of hydrogen-bond donors (Lipinski definition) is 2. The zero-order valence-corrected chi connectivity index (χ0v) is 12.5. The summed E-state index contributed by atoms with van der Waals surface area (Å²) in [4.78, 5) is -0.0531. The molecule has 0 fully saturated rings. The number of nitrogens with one attached hydrogen (secondary N) is 1. The monoisotopic (exact) mass is 307 g/mol. The standard InChI is InChI=1S/C12H18ClNO4S/c1-3-4-5-14-19(16,17)11-7-10(13)6-9(8-15)12(11)18-2/h6-7,14-15H,3-5,8H2,1-2H3. The molecule has 0 saturated carbocycles. The van der Waals surface area contributed by atoms with Crippen LogP contribution in [0, 0.1) is 0 Å². The summed E-state index contributed by atoms with van der Waals surface area (Å²) in [6.07, 6.45) is 1.63. The van der Waals surface area contributed by atoms with Crippen molar-refractivity contribution in [2.75, 3.05) is 13.7 Å². The van der Waals surface area contributed by atoms with Gasteiger partial charge in [-0.2, -0.15) is 0 Å². The lowest BCUT2D eigenvalue weighted by Crippen LogP contribution is -2.25. The number of benzene rings is 1. The maximum Gasteiger partial charge on any atom is 0.244 e. The number of aliphatic hydroxyl groups excluding tert-OH is 1. The largest absolute Gasteiger partial charge is 0.495 e. The third kappa shape index (κ3) is 4.07. The van der Waals surface area contributed by atoms with E-state index in [-0.39, 0.29) is 22.3 Å². The molecule has 0 unspecified atom stereocenters. The van der Waals surface area contributed by atoms with Gasteiger partial charge in [0.15, 0.2) is 0 Å². The molecule has 0 spiro atoms. The topological polar surface area (TPSA) is 75.6 Å². The van der Waals surface area contributed by atoms with Crippen molar-refractivity contribution < 1.29 is 18.3 Å². The summed E-state index contributed by atoms with van der Waals surface area (Å²) in [5.41, 5.74) is 0.339. The molecule has 1 rings (SSSR count). The van der Waals surface area contributed by atoms with E-state index in [4.69, 9.17) is 16.3 Å². The van der Waals surface area contributed by atoms with Crippen LogP contribution in [0.25, 0.3) is 0 Å². The molecule has 5 nitrogen and oxygen atoms in total. The van der Waals surface area contributed by atoms with Gasteiger partial charge in [0, 0.05) is 17.1 Å². The summed E-state index contributed by atoms with van der Waals surface area (Å²) in [6, 6.07) is 2.79. The second-order valence-corrected chi connectivity index (χ2v) is 6.18. The van der Waals surface area contributed by atoms with Gasteiger partial charge in [0.25, 0.3) is 0 Å². The van der Waals surface area contributed by atoms with Crippen LogP contribution in [0.1, 0.15) is 25.3 Å². The normalized spacial score (nSPS) is 11.6. The highest BCUT2D eigenvalue weighted by atomic mass is 35.5.